The average Bonchev–Trinajstić information content (AvgIpc) is 2.15. The van der Waals surface area contributed by atoms with Crippen LogP contribution in [0.1, 0.15) is 6.92 Å². The molecule has 0 aromatic rings. The van der Waals surface area contributed by atoms with E-state index in [2.05, 4.69) is 0 Å². The summed E-state index contributed by atoms with van der Waals surface area (Å²) in [6.45, 7) is 2.74. The molecule has 0 fully saturated rings. The molecule has 0 heterocycles. The maximum absolute atomic E-state index is 11.2. The number of hydrogen-bond acceptors (Lipinski definition) is 5. The van der Waals surface area contributed by atoms with Gasteiger partial charge in [0.2, 0.25) is 0 Å². The number of hydrogen-bond donors (Lipinski definition) is 2. The second kappa shape index (κ2) is 7.17. The van der Waals surface area contributed by atoms with Gasteiger partial charge < -0.3 is 10.2 Å². The maximum atomic E-state index is 11.2. The van der Waals surface area contributed by atoms with Crippen molar-refractivity contribution in [3.63, 3.8) is 0 Å². The van der Waals surface area contributed by atoms with Gasteiger partial charge in [-0.1, -0.05) is 6.92 Å². The van der Waals surface area contributed by atoms with E-state index in [9.17, 15) is 8.42 Å². The van der Waals surface area contributed by atoms with Crippen molar-refractivity contribution in [3.05, 3.63) is 0 Å². The third-order valence-corrected chi connectivity index (χ3v) is 3.68. The molecule has 0 aliphatic rings. The maximum Gasteiger partial charge on any atom is 0.151 e. The average molecular weight is 225 g/mol. The highest BCUT2D eigenvalue weighted by atomic mass is 32.2. The van der Waals surface area contributed by atoms with Gasteiger partial charge in [0.25, 0.3) is 0 Å². The zero-order valence-electron chi connectivity index (χ0n) is 8.52. The van der Waals surface area contributed by atoms with E-state index in [4.69, 9.17) is 10.2 Å². The predicted octanol–water partition coefficient (Wildman–Crippen LogP) is -1.29. The summed E-state index contributed by atoms with van der Waals surface area (Å²) in [4.78, 5) is 1.73. The summed E-state index contributed by atoms with van der Waals surface area (Å²) in [5.74, 6) is 0.225. The molecular formula is C8H19NO4S. The first-order valence-corrected chi connectivity index (χ1v) is 6.52. The van der Waals surface area contributed by atoms with Crippen LogP contribution in [0.4, 0.5) is 0 Å². The quantitative estimate of drug-likeness (QED) is 0.537. The van der Waals surface area contributed by atoms with Gasteiger partial charge in [-0.3, -0.25) is 4.90 Å². The molecule has 0 atom stereocenters. The van der Waals surface area contributed by atoms with Crippen LogP contribution in [-0.2, 0) is 9.84 Å². The van der Waals surface area contributed by atoms with E-state index >= 15 is 0 Å². The lowest BCUT2D eigenvalue weighted by Crippen LogP contribution is -2.34. The number of aliphatic hydroxyl groups excluding tert-OH is 2. The predicted molar refractivity (Wildman–Crippen MR) is 54.9 cm³/mol. The van der Waals surface area contributed by atoms with Crippen LogP contribution >= 0.6 is 0 Å². The Labute approximate surface area is 85.3 Å². The zero-order chi connectivity index (χ0) is 11.0. The second-order valence-electron chi connectivity index (χ2n) is 3.03. The minimum atomic E-state index is -2.96. The number of nitrogens with zero attached hydrogens (tertiary/aromatic N) is 1. The van der Waals surface area contributed by atoms with Gasteiger partial charge in [-0.25, -0.2) is 8.42 Å². The fraction of sp³-hybridized carbons (Fsp3) is 1.00. The van der Waals surface area contributed by atoms with Crippen molar-refractivity contribution in [1.82, 2.24) is 4.90 Å². The lowest BCUT2D eigenvalue weighted by molar-refractivity contribution is 0.167. The molecule has 0 aliphatic carbocycles. The van der Waals surface area contributed by atoms with Crippen LogP contribution in [0.3, 0.4) is 0 Å². The van der Waals surface area contributed by atoms with Crippen molar-refractivity contribution < 1.29 is 18.6 Å². The van der Waals surface area contributed by atoms with Gasteiger partial charge in [-0.15, -0.1) is 0 Å². The summed E-state index contributed by atoms with van der Waals surface area (Å²) in [6, 6.07) is 0. The van der Waals surface area contributed by atoms with E-state index < -0.39 is 9.84 Å². The molecule has 0 bridgehead atoms. The molecule has 5 nitrogen and oxygen atoms in total. The van der Waals surface area contributed by atoms with Gasteiger partial charge >= 0.3 is 0 Å². The van der Waals surface area contributed by atoms with Crippen molar-refractivity contribution in [3.8, 4) is 0 Å². The summed E-state index contributed by atoms with van der Waals surface area (Å²) in [5, 5.41) is 17.4. The minimum absolute atomic E-state index is 0.0217. The van der Waals surface area contributed by atoms with Crippen molar-refractivity contribution in [2.45, 2.75) is 6.92 Å². The van der Waals surface area contributed by atoms with Crippen molar-refractivity contribution in [2.24, 2.45) is 0 Å². The Kier molecular flexibility index (Phi) is 7.08. The van der Waals surface area contributed by atoms with Gasteiger partial charge in [-0.2, -0.15) is 0 Å². The molecule has 0 unspecified atom stereocenters. The van der Waals surface area contributed by atoms with Crippen LogP contribution < -0.4 is 0 Å². The highest BCUT2D eigenvalue weighted by molar-refractivity contribution is 7.91. The highest BCUT2D eigenvalue weighted by Crippen LogP contribution is 1.93. The van der Waals surface area contributed by atoms with Gasteiger partial charge in [0.1, 0.15) is 0 Å². The molecule has 0 spiro atoms. The molecule has 0 amide bonds. The van der Waals surface area contributed by atoms with Crippen LogP contribution in [0.25, 0.3) is 0 Å². The van der Waals surface area contributed by atoms with Crippen LogP contribution in [0, 0.1) is 0 Å². The standard InChI is InChI=1S/C8H19NO4S/c1-2-14(12,13)8-5-9(3-6-10)4-7-11/h10-11H,2-8H2,1H3. The molecule has 0 saturated carbocycles. The Morgan fingerprint density at radius 2 is 1.57 bits per heavy atom. The van der Waals surface area contributed by atoms with E-state index in [1.165, 1.54) is 0 Å². The molecular weight excluding hydrogens is 206 g/mol. The minimum Gasteiger partial charge on any atom is -0.395 e. The van der Waals surface area contributed by atoms with Crippen molar-refractivity contribution in [1.29, 1.82) is 0 Å². The number of sulfone groups is 1. The van der Waals surface area contributed by atoms with Crippen LogP contribution in [0.5, 0.6) is 0 Å². The Balaban J connectivity index is 3.92. The largest absolute Gasteiger partial charge is 0.395 e. The summed E-state index contributed by atoms with van der Waals surface area (Å²) >= 11 is 0. The van der Waals surface area contributed by atoms with E-state index in [1.807, 2.05) is 0 Å². The van der Waals surface area contributed by atoms with Crippen molar-refractivity contribution in [2.75, 3.05) is 44.4 Å². The number of aliphatic hydroxyl groups is 2. The molecule has 86 valence electrons. The second-order valence-corrected chi connectivity index (χ2v) is 5.50. The Bertz CT molecular complexity index is 221. The van der Waals surface area contributed by atoms with E-state index in [1.54, 1.807) is 11.8 Å². The third-order valence-electron chi connectivity index (χ3n) is 1.99. The van der Waals surface area contributed by atoms with Crippen LogP contribution in [0.2, 0.25) is 0 Å². The summed E-state index contributed by atoms with van der Waals surface area (Å²) in [6.07, 6.45) is 0. The number of rotatable bonds is 8. The van der Waals surface area contributed by atoms with Crippen molar-refractivity contribution >= 4 is 9.84 Å². The van der Waals surface area contributed by atoms with Crippen LogP contribution in [-0.4, -0.2) is 67.9 Å². The summed E-state index contributed by atoms with van der Waals surface area (Å²) in [5.41, 5.74) is 0. The lowest BCUT2D eigenvalue weighted by atomic mass is 10.5. The molecule has 0 saturated heterocycles. The molecule has 0 aromatic heterocycles. The molecule has 2 N–H and O–H groups in total. The van der Waals surface area contributed by atoms with Gasteiger partial charge in [0, 0.05) is 25.4 Å². The Hall–Kier alpha value is -0.170. The summed E-state index contributed by atoms with van der Waals surface area (Å²) < 4.78 is 22.3. The SMILES string of the molecule is CCS(=O)(=O)CCN(CCO)CCO. The Morgan fingerprint density at radius 3 is 1.93 bits per heavy atom. The van der Waals surface area contributed by atoms with E-state index in [0.29, 0.717) is 19.6 Å². The summed E-state index contributed by atoms with van der Waals surface area (Å²) in [7, 11) is -2.96. The fourth-order valence-corrected chi connectivity index (χ4v) is 1.86. The van der Waals surface area contributed by atoms with E-state index in [-0.39, 0.29) is 24.7 Å². The van der Waals surface area contributed by atoms with Gasteiger partial charge in [-0.05, 0) is 0 Å². The first-order chi connectivity index (χ1) is 6.55. The molecule has 0 aromatic carbocycles. The molecule has 0 rings (SSSR count). The first-order valence-electron chi connectivity index (χ1n) is 4.70. The lowest BCUT2D eigenvalue weighted by Gasteiger charge is -2.19. The molecule has 0 aliphatic heterocycles. The van der Waals surface area contributed by atoms with Gasteiger partial charge in [0.15, 0.2) is 9.84 Å². The monoisotopic (exact) mass is 225 g/mol. The molecule has 6 heteroatoms. The van der Waals surface area contributed by atoms with Gasteiger partial charge in [0.05, 0.1) is 19.0 Å². The van der Waals surface area contributed by atoms with E-state index in [0.717, 1.165) is 0 Å². The first kappa shape index (κ1) is 13.8. The van der Waals surface area contributed by atoms with Crippen LogP contribution in [0.15, 0.2) is 0 Å². The highest BCUT2D eigenvalue weighted by Gasteiger charge is 2.10. The third kappa shape index (κ3) is 6.31. The molecule has 0 radical (unpaired) electrons. The smallest absolute Gasteiger partial charge is 0.151 e. The molecule has 14 heavy (non-hydrogen) atoms. The normalized spacial score (nSPS) is 12.3. The topological polar surface area (TPSA) is 77.8 Å². The zero-order valence-corrected chi connectivity index (χ0v) is 9.33. The Morgan fingerprint density at radius 1 is 1.07 bits per heavy atom. The fourth-order valence-electron chi connectivity index (χ4n) is 1.03.